The predicted octanol–water partition coefficient (Wildman–Crippen LogP) is -0.125. The molecule has 0 saturated carbocycles. The molecule has 0 unspecified atom stereocenters. The lowest BCUT2D eigenvalue weighted by Gasteiger charge is -2.28. The van der Waals surface area contributed by atoms with Gasteiger partial charge in [0.1, 0.15) is 12.3 Å². The molecule has 0 aliphatic carbocycles. The minimum atomic E-state index is -1.19. The van der Waals surface area contributed by atoms with Crippen molar-refractivity contribution in [2.75, 3.05) is 20.1 Å². The normalized spacial score (nSPS) is 15.3. The van der Waals surface area contributed by atoms with Gasteiger partial charge in [0.15, 0.2) is 17.3 Å². The summed E-state index contributed by atoms with van der Waals surface area (Å²) in [6, 6.07) is 5.23. The topological polar surface area (TPSA) is 135 Å². The van der Waals surface area contributed by atoms with Gasteiger partial charge in [-0.3, -0.25) is 14.4 Å². The van der Waals surface area contributed by atoms with Gasteiger partial charge in [-0.25, -0.2) is 4.68 Å². The van der Waals surface area contributed by atoms with Crippen molar-refractivity contribution in [1.29, 1.82) is 0 Å². The van der Waals surface area contributed by atoms with Crippen molar-refractivity contribution < 1.29 is 24.1 Å². The molecule has 0 radical (unpaired) electrons. The van der Waals surface area contributed by atoms with Gasteiger partial charge in [-0.1, -0.05) is 17.3 Å². The first kappa shape index (κ1) is 21.7. The van der Waals surface area contributed by atoms with Gasteiger partial charge in [0, 0.05) is 25.3 Å². The minimum absolute atomic E-state index is 0.0640. The van der Waals surface area contributed by atoms with Crippen molar-refractivity contribution >= 4 is 24.6 Å². The molecule has 2 heterocycles. The van der Waals surface area contributed by atoms with Crippen molar-refractivity contribution in [3.63, 3.8) is 0 Å². The fourth-order valence-corrected chi connectivity index (χ4v) is 3.34. The van der Waals surface area contributed by atoms with Gasteiger partial charge in [-0.2, -0.15) is 0 Å². The van der Waals surface area contributed by atoms with Crippen molar-refractivity contribution in [3.05, 3.63) is 41.2 Å². The van der Waals surface area contributed by atoms with E-state index < -0.39 is 12.9 Å². The largest absolute Gasteiger partial charge is 0.535 e. The Morgan fingerprint density at radius 3 is 2.87 bits per heavy atom. The van der Waals surface area contributed by atoms with E-state index in [0.717, 1.165) is 5.56 Å². The van der Waals surface area contributed by atoms with Gasteiger partial charge in [0.05, 0.1) is 11.8 Å². The van der Waals surface area contributed by atoms with Crippen LogP contribution in [0.5, 0.6) is 5.75 Å². The summed E-state index contributed by atoms with van der Waals surface area (Å²) in [6.07, 6.45) is 1.89. The van der Waals surface area contributed by atoms with Crippen LogP contribution in [0.3, 0.4) is 0 Å². The molecule has 1 aromatic heterocycles. The summed E-state index contributed by atoms with van der Waals surface area (Å²) < 4.78 is 6.86. The fourth-order valence-electron chi connectivity index (χ4n) is 3.34. The molecule has 1 atom stereocenters. The van der Waals surface area contributed by atoms with Crippen LogP contribution in [0.1, 0.15) is 39.8 Å². The number of para-hydroxylation sites is 1. The molecule has 3 N–H and O–H groups in total. The number of nitrogens with zero attached hydrogens (tertiary/aromatic N) is 3. The van der Waals surface area contributed by atoms with E-state index in [-0.39, 0.29) is 36.1 Å². The number of fused-ring (bicyclic) bond motifs is 1. The van der Waals surface area contributed by atoms with Crippen molar-refractivity contribution in [2.24, 2.45) is 0 Å². The number of nitrogens with one attached hydrogen (secondary N) is 2. The maximum atomic E-state index is 12.5. The third-order valence-corrected chi connectivity index (χ3v) is 4.86. The Labute approximate surface area is 174 Å². The quantitative estimate of drug-likeness (QED) is 0.294. The molecule has 0 bridgehead atoms. The van der Waals surface area contributed by atoms with E-state index in [2.05, 4.69) is 20.9 Å². The number of hydrogen-bond acceptors (Lipinski definition) is 8. The standard InChI is InChI=1S/C19H24BN5O5/c1-12(26)16-5-3-4-13-8-14(20(29)30-18(13)16)9-15(27)10-25-11-17(23-24-25)19(28)22-7-6-21-2/h3-5,11,14,21,29H,6-10H2,1-2H3,(H,22,28)/t14-/m1/s1. The average molecular weight is 413 g/mol. The zero-order chi connectivity index (χ0) is 21.7. The molecule has 0 spiro atoms. The van der Waals surface area contributed by atoms with Gasteiger partial charge in [-0.15, -0.1) is 5.10 Å². The van der Waals surface area contributed by atoms with Crippen LogP contribution in [-0.2, 0) is 17.8 Å². The molecule has 0 saturated heterocycles. The van der Waals surface area contributed by atoms with Crippen LogP contribution in [0.15, 0.2) is 24.4 Å². The molecular weight excluding hydrogens is 389 g/mol. The number of rotatable bonds is 9. The van der Waals surface area contributed by atoms with Crippen LogP contribution >= 0.6 is 0 Å². The number of carbonyl (C=O) groups is 3. The lowest BCUT2D eigenvalue weighted by molar-refractivity contribution is -0.120. The molecule has 1 aliphatic rings. The summed E-state index contributed by atoms with van der Waals surface area (Å²) in [5.41, 5.74) is 1.33. The van der Waals surface area contributed by atoms with Crippen LogP contribution in [-0.4, -0.2) is 64.7 Å². The van der Waals surface area contributed by atoms with Crippen molar-refractivity contribution in [1.82, 2.24) is 25.6 Å². The van der Waals surface area contributed by atoms with Gasteiger partial charge < -0.3 is 20.3 Å². The van der Waals surface area contributed by atoms with E-state index in [1.165, 1.54) is 17.8 Å². The van der Waals surface area contributed by atoms with E-state index in [9.17, 15) is 19.4 Å². The molecule has 2 aromatic rings. The lowest BCUT2D eigenvalue weighted by atomic mass is 9.64. The monoisotopic (exact) mass is 413 g/mol. The van der Waals surface area contributed by atoms with Crippen LogP contribution in [0.4, 0.5) is 0 Å². The Kier molecular flexibility index (Phi) is 6.96. The average Bonchev–Trinajstić information content (AvgIpc) is 3.16. The summed E-state index contributed by atoms with van der Waals surface area (Å²) in [6.45, 7) is 2.45. The number of amides is 1. The second-order valence-corrected chi connectivity index (χ2v) is 7.23. The van der Waals surface area contributed by atoms with Crippen LogP contribution in [0.2, 0.25) is 5.82 Å². The predicted molar refractivity (Wildman–Crippen MR) is 108 cm³/mol. The highest BCUT2D eigenvalue weighted by Crippen LogP contribution is 2.36. The molecule has 1 amide bonds. The van der Waals surface area contributed by atoms with Gasteiger partial charge in [0.2, 0.25) is 0 Å². The molecule has 10 nitrogen and oxygen atoms in total. The number of likely N-dealkylation sites (N-methyl/N-ethyl adjacent to an activating group) is 1. The molecule has 11 heteroatoms. The number of carbonyl (C=O) groups excluding carboxylic acids is 3. The zero-order valence-electron chi connectivity index (χ0n) is 16.9. The number of aromatic nitrogens is 3. The maximum Gasteiger partial charge on any atom is 0.526 e. The maximum absolute atomic E-state index is 12.5. The minimum Gasteiger partial charge on any atom is -0.535 e. The number of Topliss-reactive ketones (excluding diaryl/α,β-unsaturated/α-hetero) is 2. The molecule has 1 aliphatic heterocycles. The smallest absolute Gasteiger partial charge is 0.526 e. The molecule has 0 fully saturated rings. The molecule has 30 heavy (non-hydrogen) atoms. The number of hydrogen-bond donors (Lipinski definition) is 3. The SMILES string of the molecule is CNCCNC(=O)c1cn(CC(=O)C[C@H]2Cc3cccc(C(C)=O)c3OB2O)nn1. The Hall–Kier alpha value is -3.05. The van der Waals surface area contributed by atoms with E-state index in [1.807, 2.05) is 6.07 Å². The van der Waals surface area contributed by atoms with Crippen LogP contribution < -0.4 is 15.3 Å². The highest BCUT2D eigenvalue weighted by Gasteiger charge is 2.37. The summed E-state index contributed by atoms with van der Waals surface area (Å²) in [4.78, 5) is 36.2. The van der Waals surface area contributed by atoms with E-state index in [0.29, 0.717) is 30.8 Å². The van der Waals surface area contributed by atoms with E-state index in [1.54, 1.807) is 19.2 Å². The fraction of sp³-hybridized carbons (Fsp3) is 0.421. The van der Waals surface area contributed by atoms with E-state index >= 15 is 0 Å². The first-order valence-electron chi connectivity index (χ1n) is 9.71. The summed E-state index contributed by atoms with van der Waals surface area (Å²) >= 11 is 0. The third kappa shape index (κ3) is 5.11. The first-order valence-corrected chi connectivity index (χ1v) is 9.71. The van der Waals surface area contributed by atoms with E-state index in [4.69, 9.17) is 4.65 Å². The van der Waals surface area contributed by atoms with Gasteiger partial charge in [-0.05, 0) is 32.0 Å². The van der Waals surface area contributed by atoms with Gasteiger partial charge in [0.25, 0.3) is 5.91 Å². The van der Waals surface area contributed by atoms with Gasteiger partial charge >= 0.3 is 7.12 Å². The Balaban J connectivity index is 1.59. The summed E-state index contributed by atoms with van der Waals surface area (Å²) in [5.74, 6) is -0.754. The summed E-state index contributed by atoms with van der Waals surface area (Å²) in [7, 11) is 0.592. The molecule has 3 rings (SSSR count). The Morgan fingerprint density at radius 1 is 1.33 bits per heavy atom. The molecule has 1 aromatic carbocycles. The molecular formula is C19H24BN5O5. The number of benzene rings is 1. The molecule has 158 valence electrons. The Morgan fingerprint density at radius 2 is 2.13 bits per heavy atom. The number of ketones is 2. The highest BCUT2D eigenvalue weighted by molar-refractivity contribution is 6.47. The first-order chi connectivity index (χ1) is 14.4. The highest BCUT2D eigenvalue weighted by atomic mass is 16.5. The van der Waals surface area contributed by atoms with Crippen molar-refractivity contribution in [2.45, 2.75) is 32.1 Å². The van der Waals surface area contributed by atoms with Crippen LogP contribution in [0.25, 0.3) is 0 Å². The van der Waals surface area contributed by atoms with Crippen LogP contribution in [0, 0.1) is 0 Å². The van der Waals surface area contributed by atoms with Crippen molar-refractivity contribution in [3.8, 4) is 5.75 Å². The zero-order valence-corrected chi connectivity index (χ0v) is 16.9. The third-order valence-electron chi connectivity index (χ3n) is 4.86. The second-order valence-electron chi connectivity index (χ2n) is 7.23. The second kappa shape index (κ2) is 9.64. The lowest BCUT2D eigenvalue weighted by Crippen LogP contribution is -2.36. The Bertz CT molecular complexity index is 947. The summed E-state index contributed by atoms with van der Waals surface area (Å²) in [5, 5.41) is 23.5.